The number of aromatic nitrogens is 3. The Balaban J connectivity index is 1.70. The minimum atomic E-state index is -0.614. The monoisotopic (exact) mass is 597 g/mol. The maximum atomic E-state index is 12.9. The van der Waals surface area contributed by atoms with Crippen molar-refractivity contribution in [1.82, 2.24) is 25.4 Å². The van der Waals surface area contributed by atoms with Crippen molar-refractivity contribution < 1.29 is 14.3 Å². The summed E-state index contributed by atoms with van der Waals surface area (Å²) in [6.45, 7) is 3.73. The van der Waals surface area contributed by atoms with E-state index < -0.39 is 18.0 Å². The van der Waals surface area contributed by atoms with Crippen molar-refractivity contribution in [1.29, 1.82) is 0 Å². The summed E-state index contributed by atoms with van der Waals surface area (Å²) >= 11 is 14.4. The number of halogens is 2. The topological polar surface area (TPSA) is 98.1 Å². The molecule has 208 valence electrons. The molecule has 11 heteroatoms. The predicted octanol–water partition coefficient (Wildman–Crippen LogP) is 6.32. The summed E-state index contributed by atoms with van der Waals surface area (Å²) in [5, 5.41) is 16.1. The molecule has 2 amide bonds. The number of hydrogen-bond donors (Lipinski definition) is 2. The first-order valence-corrected chi connectivity index (χ1v) is 14.4. The van der Waals surface area contributed by atoms with Gasteiger partial charge in [-0.15, -0.1) is 10.2 Å². The van der Waals surface area contributed by atoms with Gasteiger partial charge in [0.1, 0.15) is 6.54 Å². The first-order valence-electron chi connectivity index (χ1n) is 12.7. The van der Waals surface area contributed by atoms with Gasteiger partial charge in [0.15, 0.2) is 11.0 Å². The van der Waals surface area contributed by atoms with E-state index >= 15 is 0 Å². The van der Waals surface area contributed by atoms with E-state index in [2.05, 4.69) is 46.0 Å². The fourth-order valence-electron chi connectivity index (χ4n) is 4.07. The highest BCUT2D eigenvalue weighted by molar-refractivity contribution is 7.98. The predicted molar refractivity (Wildman–Crippen MR) is 158 cm³/mol. The van der Waals surface area contributed by atoms with E-state index in [4.69, 9.17) is 27.9 Å². The normalized spacial score (nSPS) is 11.6. The SMILES string of the molecule is CCOC(=O)CNC(=O)NC(Cc1ccccc1)c1nnc(SCc2cccc(C)c2)n1-c1ccc(Cl)cc1Cl. The molecule has 0 radical (unpaired) electrons. The second-order valence-electron chi connectivity index (χ2n) is 8.92. The number of thioether (sulfide) groups is 1. The fourth-order valence-corrected chi connectivity index (χ4v) is 5.46. The van der Waals surface area contributed by atoms with Crippen molar-refractivity contribution in [3.63, 3.8) is 0 Å². The first-order chi connectivity index (χ1) is 19.3. The molecule has 4 rings (SSSR count). The number of nitrogens with zero attached hydrogens (tertiary/aromatic N) is 3. The molecule has 0 aliphatic carbocycles. The van der Waals surface area contributed by atoms with Crippen LogP contribution in [0.3, 0.4) is 0 Å². The van der Waals surface area contributed by atoms with Gasteiger partial charge in [-0.1, -0.05) is 95.1 Å². The zero-order chi connectivity index (χ0) is 28.5. The third kappa shape index (κ3) is 8.00. The van der Waals surface area contributed by atoms with Crippen molar-refractivity contribution in [3.05, 3.63) is 105 Å². The molecule has 40 heavy (non-hydrogen) atoms. The van der Waals surface area contributed by atoms with Gasteiger partial charge in [0.05, 0.1) is 23.4 Å². The molecule has 2 N–H and O–H groups in total. The lowest BCUT2D eigenvalue weighted by Gasteiger charge is -2.21. The number of benzene rings is 3. The standard InChI is InChI=1S/C29H29Cl2N5O3S/c1-3-39-26(37)17-32-28(38)33-24(15-20-9-5-4-6-10-20)27-34-35-29(40-18-21-11-7-8-19(2)14-21)36(27)25-13-12-22(30)16-23(25)31/h4-14,16,24H,3,15,17-18H2,1-2H3,(H2,32,33,38). The molecule has 0 saturated heterocycles. The highest BCUT2D eigenvalue weighted by atomic mass is 35.5. The fraction of sp³-hybridized carbons (Fsp3) is 0.241. The van der Waals surface area contributed by atoms with Crippen LogP contribution < -0.4 is 10.6 Å². The van der Waals surface area contributed by atoms with Crippen LogP contribution in [0.15, 0.2) is 78.0 Å². The lowest BCUT2D eigenvalue weighted by Crippen LogP contribution is -2.42. The van der Waals surface area contributed by atoms with Crippen molar-refractivity contribution in [2.45, 2.75) is 37.2 Å². The van der Waals surface area contributed by atoms with E-state index in [9.17, 15) is 9.59 Å². The van der Waals surface area contributed by atoms with Crippen LogP contribution in [0.25, 0.3) is 5.69 Å². The maximum Gasteiger partial charge on any atom is 0.325 e. The summed E-state index contributed by atoms with van der Waals surface area (Å²) < 4.78 is 6.76. The zero-order valence-corrected chi connectivity index (χ0v) is 24.4. The minimum absolute atomic E-state index is 0.229. The average Bonchev–Trinajstić information content (AvgIpc) is 3.35. The van der Waals surface area contributed by atoms with Crippen LogP contribution in [0.5, 0.6) is 0 Å². The molecule has 8 nitrogen and oxygen atoms in total. The summed E-state index contributed by atoms with van der Waals surface area (Å²) in [6.07, 6.45) is 0.416. The average molecular weight is 599 g/mol. The first kappa shape index (κ1) is 29.5. The van der Waals surface area contributed by atoms with Gasteiger partial charge in [-0.25, -0.2) is 4.79 Å². The molecule has 0 aliphatic rings. The van der Waals surface area contributed by atoms with Crippen molar-refractivity contribution >= 4 is 47.0 Å². The van der Waals surface area contributed by atoms with E-state index in [1.165, 1.54) is 17.3 Å². The van der Waals surface area contributed by atoms with Crippen molar-refractivity contribution in [3.8, 4) is 5.69 Å². The van der Waals surface area contributed by atoms with Gasteiger partial charge in [0.25, 0.3) is 0 Å². The number of esters is 1. The lowest BCUT2D eigenvalue weighted by atomic mass is 10.1. The Morgan fingerprint density at radius 1 is 1.00 bits per heavy atom. The lowest BCUT2D eigenvalue weighted by molar-refractivity contribution is -0.141. The molecule has 0 aliphatic heterocycles. The Kier molecular flexibility index (Phi) is 10.5. The zero-order valence-electron chi connectivity index (χ0n) is 22.1. The van der Waals surface area contributed by atoms with Crippen LogP contribution in [0.4, 0.5) is 4.79 Å². The Hall–Kier alpha value is -3.53. The molecule has 3 aromatic carbocycles. The van der Waals surface area contributed by atoms with E-state index in [1.807, 2.05) is 41.0 Å². The Morgan fingerprint density at radius 2 is 1.77 bits per heavy atom. The number of carbonyl (C=O) groups excluding carboxylic acids is 2. The largest absolute Gasteiger partial charge is 0.465 e. The van der Waals surface area contributed by atoms with Crippen LogP contribution in [0.1, 0.15) is 35.5 Å². The summed E-state index contributed by atoms with van der Waals surface area (Å²) in [5.74, 6) is 0.608. The highest BCUT2D eigenvalue weighted by Gasteiger charge is 2.26. The van der Waals surface area contributed by atoms with Crippen molar-refractivity contribution in [2.75, 3.05) is 13.2 Å². The summed E-state index contributed by atoms with van der Waals surface area (Å²) in [4.78, 5) is 24.7. The molecular weight excluding hydrogens is 569 g/mol. The van der Waals surface area contributed by atoms with E-state index in [1.54, 1.807) is 25.1 Å². The Labute approximate surface area is 247 Å². The number of amides is 2. The number of ether oxygens (including phenoxy) is 1. The van der Waals surface area contributed by atoms with Crippen LogP contribution >= 0.6 is 35.0 Å². The number of nitrogens with one attached hydrogen (secondary N) is 2. The second-order valence-corrected chi connectivity index (χ2v) is 10.7. The summed E-state index contributed by atoms with van der Waals surface area (Å²) in [5.41, 5.74) is 3.91. The van der Waals surface area contributed by atoms with Crippen LogP contribution in [0, 0.1) is 6.92 Å². The van der Waals surface area contributed by atoms with Crippen LogP contribution in [-0.4, -0.2) is 39.9 Å². The molecule has 4 aromatic rings. The van der Waals surface area contributed by atoms with E-state index in [-0.39, 0.29) is 13.2 Å². The molecule has 0 spiro atoms. The van der Waals surface area contributed by atoms with E-state index in [0.29, 0.717) is 38.9 Å². The molecule has 0 saturated carbocycles. The number of carbonyl (C=O) groups is 2. The molecule has 0 fully saturated rings. The van der Waals surface area contributed by atoms with Gasteiger partial charge >= 0.3 is 12.0 Å². The third-order valence-electron chi connectivity index (χ3n) is 5.86. The number of aryl methyl sites for hydroxylation is 1. The van der Waals surface area contributed by atoms with Gasteiger partial charge in [0, 0.05) is 17.2 Å². The molecule has 1 atom stereocenters. The highest BCUT2D eigenvalue weighted by Crippen LogP contribution is 2.33. The van der Waals surface area contributed by atoms with E-state index in [0.717, 1.165) is 11.1 Å². The molecule has 1 heterocycles. The summed E-state index contributed by atoms with van der Waals surface area (Å²) in [7, 11) is 0. The second kappa shape index (κ2) is 14.2. The minimum Gasteiger partial charge on any atom is -0.465 e. The Bertz CT molecular complexity index is 1470. The number of hydrogen-bond acceptors (Lipinski definition) is 6. The summed E-state index contributed by atoms with van der Waals surface area (Å²) in [6, 6.07) is 22.0. The van der Waals surface area contributed by atoms with Crippen LogP contribution in [0.2, 0.25) is 10.0 Å². The molecule has 0 bridgehead atoms. The Morgan fingerprint density at radius 3 is 2.50 bits per heavy atom. The quantitative estimate of drug-likeness (QED) is 0.155. The maximum absolute atomic E-state index is 12.9. The van der Waals surface area contributed by atoms with Gasteiger partial charge < -0.3 is 15.4 Å². The molecule has 1 unspecified atom stereocenters. The smallest absolute Gasteiger partial charge is 0.325 e. The number of rotatable bonds is 11. The van der Waals surface area contributed by atoms with Gasteiger partial charge in [-0.05, 0) is 43.2 Å². The third-order valence-corrected chi connectivity index (χ3v) is 7.40. The van der Waals surface area contributed by atoms with Gasteiger partial charge in [0.2, 0.25) is 0 Å². The van der Waals surface area contributed by atoms with Gasteiger partial charge in [-0.2, -0.15) is 0 Å². The van der Waals surface area contributed by atoms with Crippen LogP contribution in [-0.2, 0) is 21.7 Å². The molecular formula is C29H29Cl2N5O3S. The molecule has 1 aromatic heterocycles. The van der Waals surface area contributed by atoms with Gasteiger partial charge in [-0.3, -0.25) is 9.36 Å². The van der Waals surface area contributed by atoms with Crippen molar-refractivity contribution in [2.24, 2.45) is 0 Å². The number of urea groups is 1.